The molecule has 1 unspecified atom stereocenters. The molecule has 0 aliphatic carbocycles. The summed E-state index contributed by atoms with van der Waals surface area (Å²) in [6, 6.07) is 4.82. The van der Waals surface area contributed by atoms with Gasteiger partial charge < -0.3 is 16.0 Å². The van der Waals surface area contributed by atoms with Crippen LogP contribution in [0.2, 0.25) is 0 Å². The lowest BCUT2D eigenvalue weighted by Gasteiger charge is -2.32. The van der Waals surface area contributed by atoms with Crippen LogP contribution in [0.4, 0.5) is 5.69 Å². The number of amides is 2. The lowest BCUT2D eigenvalue weighted by molar-refractivity contribution is -0.384. The number of nitro groups is 1. The van der Waals surface area contributed by atoms with Crippen LogP contribution < -0.4 is 11.1 Å². The van der Waals surface area contributed by atoms with Crippen LogP contribution >= 0.6 is 0 Å². The van der Waals surface area contributed by atoms with E-state index < -0.39 is 16.9 Å². The zero-order chi connectivity index (χ0) is 17.0. The number of nitrogens with zero attached hydrogens (tertiary/aromatic N) is 2. The van der Waals surface area contributed by atoms with E-state index in [0.29, 0.717) is 13.1 Å². The van der Waals surface area contributed by atoms with Crippen molar-refractivity contribution >= 4 is 17.5 Å². The van der Waals surface area contributed by atoms with Crippen molar-refractivity contribution in [3.8, 4) is 0 Å². The Morgan fingerprint density at radius 2 is 2.04 bits per heavy atom. The van der Waals surface area contributed by atoms with Crippen LogP contribution in [-0.4, -0.2) is 46.8 Å². The summed E-state index contributed by atoms with van der Waals surface area (Å²) in [5.41, 5.74) is 5.79. The van der Waals surface area contributed by atoms with E-state index in [1.807, 2.05) is 0 Å². The molecule has 1 aliphatic rings. The fraction of sp³-hybridized carbons (Fsp3) is 0.467. The van der Waals surface area contributed by atoms with E-state index in [1.165, 1.54) is 24.3 Å². The average molecular weight is 320 g/mol. The third-order valence-electron chi connectivity index (χ3n) is 3.89. The van der Waals surface area contributed by atoms with E-state index in [4.69, 9.17) is 5.73 Å². The summed E-state index contributed by atoms with van der Waals surface area (Å²) >= 11 is 0. The van der Waals surface area contributed by atoms with Crippen LogP contribution in [-0.2, 0) is 4.79 Å². The zero-order valence-corrected chi connectivity index (χ0v) is 12.9. The molecule has 1 saturated heterocycles. The van der Waals surface area contributed by atoms with Gasteiger partial charge in [0.25, 0.3) is 11.6 Å². The van der Waals surface area contributed by atoms with Gasteiger partial charge >= 0.3 is 0 Å². The first kappa shape index (κ1) is 16.9. The SMILES string of the molecule is CC(NC(=O)c1cccc([N+](=O)[O-])c1)C(=O)N1CCC(N)CC1. The summed E-state index contributed by atoms with van der Waals surface area (Å²) in [4.78, 5) is 36.3. The predicted molar refractivity (Wildman–Crippen MR) is 83.8 cm³/mol. The molecule has 2 rings (SSSR count). The summed E-state index contributed by atoms with van der Waals surface area (Å²) in [6.07, 6.45) is 1.49. The van der Waals surface area contributed by atoms with Crippen molar-refractivity contribution in [3.63, 3.8) is 0 Å². The van der Waals surface area contributed by atoms with Crippen LogP contribution in [0.5, 0.6) is 0 Å². The van der Waals surface area contributed by atoms with Gasteiger partial charge in [0.2, 0.25) is 5.91 Å². The standard InChI is InChI=1S/C15H20N4O4/c1-10(15(21)18-7-5-12(16)6-8-18)17-14(20)11-3-2-4-13(9-11)19(22)23/h2-4,9-10,12H,5-8,16H2,1H3,(H,17,20). The van der Waals surface area contributed by atoms with Gasteiger partial charge in [0.1, 0.15) is 6.04 Å². The van der Waals surface area contributed by atoms with Gasteiger partial charge in [0, 0.05) is 36.8 Å². The summed E-state index contributed by atoms with van der Waals surface area (Å²) in [5.74, 6) is -0.682. The van der Waals surface area contributed by atoms with Crippen molar-refractivity contribution in [1.29, 1.82) is 0 Å². The molecule has 0 radical (unpaired) electrons. The Labute approximate surface area is 133 Å². The van der Waals surface area contributed by atoms with Crippen molar-refractivity contribution in [3.05, 3.63) is 39.9 Å². The Bertz CT molecular complexity index is 611. The number of carbonyl (C=O) groups is 2. The average Bonchev–Trinajstić information content (AvgIpc) is 2.54. The number of rotatable bonds is 4. The van der Waals surface area contributed by atoms with Gasteiger partial charge in [-0.3, -0.25) is 19.7 Å². The van der Waals surface area contributed by atoms with Crippen LogP contribution in [0.15, 0.2) is 24.3 Å². The molecule has 3 N–H and O–H groups in total. The fourth-order valence-corrected chi connectivity index (χ4v) is 2.50. The Kier molecular flexibility index (Phi) is 5.28. The molecule has 0 bridgehead atoms. The minimum Gasteiger partial charge on any atom is -0.341 e. The highest BCUT2D eigenvalue weighted by atomic mass is 16.6. The molecule has 124 valence electrons. The second-order valence-corrected chi connectivity index (χ2v) is 5.67. The van der Waals surface area contributed by atoms with Gasteiger partial charge in [-0.2, -0.15) is 0 Å². The highest BCUT2D eigenvalue weighted by Gasteiger charge is 2.26. The van der Waals surface area contributed by atoms with Crippen LogP contribution in [0.1, 0.15) is 30.1 Å². The quantitative estimate of drug-likeness (QED) is 0.624. The molecule has 8 heteroatoms. The van der Waals surface area contributed by atoms with E-state index in [0.717, 1.165) is 12.8 Å². The number of nitrogens with one attached hydrogen (secondary N) is 1. The minimum absolute atomic E-state index is 0.119. The summed E-state index contributed by atoms with van der Waals surface area (Å²) in [7, 11) is 0. The molecule has 0 spiro atoms. The molecule has 2 amide bonds. The van der Waals surface area contributed by atoms with Crippen LogP contribution in [0.3, 0.4) is 0 Å². The predicted octanol–water partition coefficient (Wildman–Crippen LogP) is 0.663. The maximum atomic E-state index is 12.3. The highest BCUT2D eigenvalue weighted by Crippen LogP contribution is 2.14. The number of hydrogen-bond acceptors (Lipinski definition) is 5. The molecule has 0 aromatic heterocycles. The lowest BCUT2D eigenvalue weighted by atomic mass is 10.1. The number of carbonyl (C=O) groups excluding carboxylic acids is 2. The second-order valence-electron chi connectivity index (χ2n) is 5.67. The summed E-state index contributed by atoms with van der Waals surface area (Å²) in [5, 5.41) is 13.3. The Hall–Kier alpha value is -2.48. The number of hydrogen-bond donors (Lipinski definition) is 2. The molecule has 0 saturated carbocycles. The Morgan fingerprint density at radius 1 is 1.39 bits per heavy atom. The van der Waals surface area contributed by atoms with Crippen molar-refractivity contribution < 1.29 is 14.5 Å². The number of piperidine rings is 1. The van der Waals surface area contributed by atoms with Gasteiger partial charge in [0.15, 0.2) is 0 Å². The van der Waals surface area contributed by atoms with Crippen LogP contribution in [0.25, 0.3) is 0 Å². The van der Waals surface area contributed by atoms with Crippen molar-refractivity contribution in [1.82, 2.24) is 10.2 Å². The normalized spacial score (nSPS) is 16.7. The topological polar surface area (TPSA) is 119 Å². The molecular weight excluding hydrogens is 300 g/mol. The zero-order valence-electron chi connectivity index (χ0n) is 12.9. The smallest absolute Gasteiger partial charge is 0.270 e. The van der Waals surface area contributed by atoms with Crippen LogP contribution in [0, 0.1) is 10.1 Å². The largest absolute Gasteiger partial charge is 0.341 e. The maximum absolute atomic E-state index is 12.3. The van der Waals surface area contributed by atoms with Gasteiger partial charge in [-0.1, -0.05) is 6.07 Å². The van der Waals surface area contributed by atoms with E-state index in [2.05, 4.69) is 5.32 Å². The molecule has 1 fully saturated rings. The van der Waals surface area contributed by atoms with E-state index in [9.17, 15) is 19.7 Å². The Morgan fingerprint density at radius 3 is 2.65 bits per heavy atom. The molecular formula is C15H20N4O4. The molecule has 1 atom stereocenters. The third kappa shape index (κ3) is 4.26. The summed E-state index contributed by atoms with van der Waals surface area (Å²) < 4.78 is 0. The van der Waals surface area contributed by atoms with Crippen molar-refractivity contribution in [2.45, 2.75) is 31.8 Å². The maximum Gasteiger partial charge on any atom is 0.270 e. The number of benzene rings is 1. The molecule has 1 aliphatic heterocycles. The number of nitro benzene ring substituents is 1. The number of non-ortho nitro benzene ring substituents is 1. The molecule has 1 heterocycles. The third-order valence-corrected chi connectivity index (χ3v) is 3.89. The monoisotopic (exact) mass is 320 g/mol. The minimum atomic E-state index is -0.698. The second kappa shape index (κ2) is 7.19. The van der Waals surface area contributed by atoms with E-state index in [-0.39, 0.29) is 23.2 Å². The number of nitrogens with two attached hydrogens (primary N) is 1. The van der Waals surface area contributed by atoms with Crippen molar-refractivity contribution in [2.75, 3.05) is 13.1 Å². The molecule has 1 aromatic carbocycles. The highest BCUT2D eigenvalue weighted by molar-refractivity contribution is 5.97. The Balaban J connectivity index is 1.97. The van der Waals surface area contributed by atoms with Gasteiger partial charge in [-0.25, -0.2) is 0 Å². The van der Waals surface area contributed by atoms with Gasteiger partial charge in [0.05, 0.1) is 4.92 Å². The first-order chi connectivity index (χ1) is 10.9. The van der Waals surface area contributed by atoms with E-state index in [1.54, 1.807) is 11.8 Å². The fourth-order valence-electron chi connectivity index (χ4n) is 2.50. The van der Waals surface area contributed by atoms with Gasteiger partial charge in [-0.05, 0) is 25.8 Å². The molecule has 8 nitrogen and oxygen atoms in total. The number of likely N-dealkylation sites (tertiary alicyclic amines) is 1. The first-order valence-electron chi connectivity index (χ1n) is 7.48. The molecule has 23 heavy (non-hydrogen) atoms. The lowest BCUT2D eigenvalue weighted by Crippen LogP contribution is -2.50. The van der Waals surface area contributed by atoms with Gasteiger partial charge in [-0.15, -0.1) is 0 Å². The van der Waals surface area contributed by atoms with Crippen molar-refractivity contribution in [2.24, 2.45) is 5.73 Å². The summed E-state index contributed by atoms with van der Waals surface area (Å²) in [6.45, 7) is 2.76. The first-order valence-corrected chi connectivity index (χ1v) is 7.48. The molecule has 1 aromatic rings. The van der Waals surface area contributed by atoms with E-state index >= 15 is 0 Å².